The summed E-state index contributed by atoms with van der Waals surface area (Å²) in [7, 11) is 0. The number of carbonyl (C=O) groups is 2. The average Bonchev–Trinajstić information content (AvgIpc) is 2.19. The van der Waals surface area contributed by atoms with E-state index in [0.29, 0.717) is 0 Å². The molecule has 1 rings (SSSR count). The molecule has 0 aromatic carbocycles. The van der Waals surface area contributed by atoms with E-state index < -0.39 is 12.0 Å². The molecule has 4 heteroatoms. The molecular formula is C10H17NO3. The predicted molar refractivity (Wildman–Crippen MR) is 51.8 cm³/mol. The van der Waals surface area contributed by atoms with Crippen molar-refractivity contribution in [2.24, 2.45) is 11.7 Å². The number of carboxylic acid groups (broad SMARTS) is 1. The van der Waals surface area contributed by atoms with Crippen LogP contribution in [0.15, 0.2) is 0 Å². The number of hydrogen-bond acceptors (Lipinski definition) is 3. The monoisotopic (exact) mass is 199 g/mol. The second kappa shape index (κ2) is 5.10. The van der Waals surface area contributed by atoms with E-state index in [4.69, 9.17) is 10.8 Å². The Bertz CT molecular complexity index is 221. The molecule has 4 nitrogen and oxygen atoms in total. The van der Waals surface area contributed by atoms with E-state index in [-0.39, 0.29) is 18.1 Å². The van der Waals surface area contributed by atoms with Crippen LogP contribution in [0.3, 0.4) is 0 Å². The third-order valence-corrected chi connectivity index (χ3v) is 2.80. The summed E-state index contributed by atoms with van der Waals surface area (Å²) < 4.78 is 0. The lowest BCUT2D eigenvalue weighted by Crippen LogP contribution is -2.34. The van der Waals surface area contributed by atoms with E-state index >= 15 is 0 Å². The molecule has 0 saturated heterocycles. The number of hydrogen-bond donors (Lipinski definition) is 2. The molecular weight excluding hydrogens is 182 g/mol. The Kier molecular flexibility index (Phi) is 4.07. The number of aliphatic carboxylic acids is 1. The Morgan fingerprint density at radius 1 is 1.29 bits per heavy atom. The zero-order chi connectivity index (χ0) is 10.6. The van der Waals surface area contributed by atoms with Gasteiger partial charge in [-0.3, -0.25) is 9.59 Å². The van der Waals surface area contributed by atoms with E-state index in [9.17, 15) is 9.59 Å². The Hall–Kier alpha value is -0.900. The van der Waals surface area contributed by atoms with Crippen molar-refractivity contribution in [1.82, 2.24) is 0 Å². The van der Waals surface area contributed by atoms with Crippen molar-refractivity contribution in [3.05, 3.63) is 0 Å². The van der Waals surface area contributed by atoms with Gasteiger partial charge in [-0.05, 0) is 12.8 Å². The first kappa shape index (κ1) is 11.2. The van der Waals surface area contributed by atoms with Crippen LogP contribution < -0.4 is 5.73 Å². The van der Waals surface area contributed by atoms with Gasteiger partial charge < -0.3 is 10.8 Å². The molecule has 1 aliphatic carbocycles. The maximum Gasteiger partial charge on any atom is 0.320 e. The number of carboxylic acids is 1. The molecule has 0 spiro atoms. The second-order valence-corrected chi connectivity index (χ2v) is 3.95. The summed E-state index contributed by atoms with van der Waals surface area (Å²) in [6.45, 7) is 0. The first-order chi connectivity index (χ1) is 6.61. The molecule has 0 bridgehead atoms. The lowest BCUT2D eigenvalue weighted by Gasteiger charge is -2.20. The van der Waals surface area contributed by atoms with E-state index in [1.165, 1.54) is 6.42 Å². The third-order valence-electron chi connectivity index (χ3n) is 2.80. The maximum atomic E-state index is 11.6. The summed E-state index contributed by atoms with van der Waals surface area (Å²) in [5, 5.41) is 8.55. The molecule has 1 atom stereocenters. The summed E-state index contributed by atoms with van der Waals surface area (Å²) >= 11 is 0. The van der Waals surface area contributed by atoms with Gasteiger partial charge >= 0.3 is 5.97 Å². The molecule has 1 saturated carbocycles. The fourth-order valence-electron chi connectivity index (χ4n) is 1.90. The molecule has 0 aromatic heterocycles. The van der Waals surface area contributed by atoms with Crippen LogP contribution in [0.5, 0.6) is 0 Å². The molecule has 0 aliphatic heterocycles. The van der Waals surface area contributed by atoms with Crippen LogP contribution in [0, 0.1) is 5.92 Å². The highest BCUT2D eigenvalue weighted by atomic mass is 16.4. The number of nitrogens with two attached hydrogens (primary N) is 1. The van der Waals surface area contributed by atoms with Crippen LogP contribution in [0.2, 0.25) is 0 Å². The second-order valence-electron chi connectivity index (χ2n) is 3.95. The minimum atomic E-state index is -1.09. The highest BCUT2D eigenvalue weighted by Gasteiger charge is 2.24. The van der Waals surface area contributed by atoms with E-state index in [0.717, 1.165) is 25.7 Å². The highest BCUT2D eigenvalue weighted by Crippen LogP contribution is 2.25. The number of rotatable bonds is 4. The van der Waals surface area contributed by atoms with E-state index in [1.54, 1.807) is 0 Å². The third kappa shape index (κ3) is 3.10. The molecule has 14 heavy (non-hydrogen) atoms. The van der Waals surface area contributed by atoms with Crippen LogP contribution in [-0.2, 0) is 9.59 Å². The molecule has 0 heterocycles. The lowest BCUT2D eigenvalue weighted by molar-refractivity contribution is -0.140. The van der Waals surface area contributed by atoms with E-state index in [2.05, 4.69) is 0 Å². The summed E-state index contributed by atoms with van der Waals surface area (Å²) in [6.07, 6.45) is 5.16. The maximum absolute atomic E-state index is 11.6. The van der Waals surface area contributed by atoms with Gasteiger partial charge in [-0.2, -0.15) is 0 Å². The molecule has 3 N–H and O–H groups in total. The highest BCUT2D eigenvalue weighted by molar-refractivity contribution is 5.87. The standard InChI is InChI=1S/C10H17NO3/c11-8(10(13)14)6-9(12)7-4-2-1-3-5-7/h7-8H,1-6,11H2,(H,13,14). The summed E-state index contributed by atoms with van der Waals surface area (Å²) in [4.78, 5) is 22.0. The minimum absolute atomic E-state index is 0.0139. The van der Waals surface area contributed by atoms with Crippen molar-refractivity contribution in [3.8, 4) is 0 Å². The van der Waals surface area contributed by atoms with Crippen LogP contribution in [0.4, 0.5) is 0 Å². The van der Waals surface area contributed by atoms with Crippen molar-refractivity contribution >= 4 is 11.8 Å². The van der Waals surface area contributed by atoms with Crippen LogP contribution in [0.25, 0.3) is 0 Å². The first-order valence-electron chi connectivity index (χ1n) is 5.12. The largest absolute Gasteiger partial charge is 0.480 e. The Morgan fingerprint density at radius 2 is 1.86 bits per heavy atom. The Morgan fingerprint density at radius 3 is 2.36 bits per heavy atom. The SMILES string of the molecule is NC(CC(=O)C1CCCCC1)C(=O)O. The molecule has 0 radical (unpaired) electrons. The summed E-state index contributed by atoms with van der Waals surface area (Å²) in [5.41, 5.74) is 5.30. The van der Waals surface area contributed by atoms with Crippen LogP contribution in [-0.4, -0.2) is 22.9 Å². The fraction of sp³-hybridized carbons (Fsp3) is 0.800. The van der Waals surface area contributed by atoms with Crippen molar-refractivity contribution in [3.63, 3.8) is 0 Å². The van der Waals surface area contributed by atoms with E-state index in [1.807, 2.05) is 0 Å². The van der Waals surface area contributed by atoms with Gasteiger partial charge in [0.15, 0.2) is 0 Å². The van der Waals surface area contributed by atoms with Gasteiger partial charge in [0.05, 0.1) is 0 Å². The van der Waals surface area contributed by atoms with Crippen LogP contribution in [0.1, 0.15) is 38.5 Å². The molecule has 80 valence electrons. The summed E-state index contributed by atoms with van der Waals surface area (Å²) in [6, 6.07) is -1.02. The molecule has 0 amide bonds. The first-order valence-corrected chi connectivity index (χ1v) is 5.12. The normalized spacial score (nSPS) is 20.4. The molecule has 1 unspecified atom stereocenters. The van der Waals surface area contributed by atoms with Crippen LogP contribution >= 0.6 is 0 Å². The van der Waals surface area contributed by atoms with Crippen molar-refractivity contribution in [1.29, 1.82) is 0 Å². The number of Topliss-reactive ketones (excluding diaryl/α,β-unsaturated/α-hetero) is 1. The number of carbonyl (C=O) groups excluding carboxylic acids is 1. The van der Waals surface area contributed by atoms with Crippen molar-refractivity contribution < 1.29 is 14.7 Å². The quantitative estimate of drug-likeness (QED) is 0.706. The summed E-state index contributed by atoms with van der Waals surface area (Å²) in [5.74, 6) is -0.997. The minimum Gasteiger partial charge on any atom is -0.480 e. The fourth-order valence-corrected chi connectivity index (χ4v) is 1.90. The zero-order valence-corrected chi connectivity index (χ0v) is 8.24. The topological polar surface area (TPSA) is 80.4 Å². The van der Waals surface area contributed by atoms with Gasteiger partial charge in [0.2, 0.25) is 0 Å². The number of ketones is 1. The predicted octanol–water partition coefficient (Wildman–Crippen LogP) is 0.938. The van der Waals surface area contributed by atoms with Crippen molar-refractivity contribution in [2.45, 2.75) is 44.6 Å². The smallest absolute Gasteiger partial charge is 0.320 e. The van der Waals surface area contributed by atoms with Gasteiger partial charge in [-0.25, -0.2) is 0 Å². The van der Waals surface area contributed by atoms with Crippen molar-refractivity contribution in [2.75, 3.05) is 0 Å². The Balaban J connectivity index is 2.36. The molecule has 1 aliphatic rings. The van der Waals surface area contributed by atoms with Gasteiger partial charge in [-0.15, -0.1) is 0 Å². The molecule has 0 aromatic rings. The van der Waals surface area contributed by atoms with Gasteiger partial charge in [0.1, 0.15) is 11.8 Å². The van der Waals surface area contributed by atoms with Gasteiger partial charge in [-0.1, -0.05) is 19.3 Å². The average molecular weight is 199 g/mol. The zero-order valence-electron chi connectivity index (χ0n) is 8.24. The Labute approximate surface area is 83.5 Å². The van der Waals surface area contributed by atoms with Gasteiger partial charge in [0, 0.05) is 12.3 Å². The lowest BCUT2D eigenvalue weighted by atomic mass is 9.84. The van der Waals surface area contributed by atoms with Gasteiger partial charge in [0.25, 0.3) is 0 Å². The molecule has 1 fully saturated rings.